The molecule has 4 nitrogen and oxygen atoms in total. The van der Waals surface area contributed by atoms with Crippen molar-refractivity contribution in [2.24, 2.45) is 0 Å². The van der Waals surface area contributed by atoms with E-state index in [1.54, 1.807) is 24.3 Å². The summed E-state index contributed by atoms with van der Waals surface area (Å²) in [5.74, 6) is 0.640. The Morgan fingerprint density at radius 1 is 1.42 bits per heavy atom. The zero-order chi connectivity index (χ0) is 14.3. The average molecular weight is 288 g/mol. The molecule has 0 aliphatic rings. The van der Waals surface area contributed by atoms with E-state index in [1.165, 1.54) is 0 Å². The Labute approximate surface area is 119 Å². The zero-order valence-electron chi connectivity index (χ0n) is 11.4. The average Bonchev–Trinajstić information content (AvgIpc) is 2.34. The fraction of sp³-hybridized carbons (Fsp3) is 0.571. The molecule has 1 aromatic carbocycles. The number of β-amino-alcohol motifs (C(OH)–C–C–N with tert-alkyl or cyclic N) is 1. The number of aliphatic hydroxyl groups is 2. The van der Waals surface area contributed by atoms with E-state index in [9.17, 15) is 5.11 Å². The first-order chi connectivity index (χ1) is 8.93. The quantitative estimate of drug-likeness (QED) is 0.683. The van der Waals surface area contributed by atoms with Gasteiger partial charge in [0, 0.05) is 23.7 Å². The van der Waals surface area contributed by atoms with E-state index in [4.69, 9.17) is 21.4 Å². The molecule has 1 aromatic rings. The van der Waals surface area contributed by atoms with Gasteiger partial charge in [-0.3, -0.25) is 0 Å². The number of benzene rings is 1. The second kappa shape index (κ2) is 7.70. The van der Waals surface area contributed by atoms with Crippen LogP contribution in [-0.2, 0) is 0 Å². The van der Waals surface area contributed by atoms with Crippen molar-refractivity contribution in [3.63, 3.8) is 0 Å². The predicted octanol–water partition coefficient (Wildman–Crippen LogP) is 1.83. The summed E-state index contributed by atoms with van der Waals surface area (Å²) in [6, 6.07) is 7.07. The lowest BCUT2D eigenvalue weighted by molar-refractivity contribution is 0.0960. The minimum atomic E-state index is -0.614. The van der Waals surface area contributed by atoms with Crippen LogP contribution in [0.4, 0.5) is 0 Å². The maximum atomic E-state index is 9.83. The molecule has 0 spiro atoms. The van der Waals surface area contributed by atoms with Gasteiger partial charge in [-0.1, -0.05) is 17.7 Å². The van der Waals surface area contributed by atoms with E-state index in [-0.39, 0.29) is 18.8 Å². The molecule has 0 amide bonds. The van der Waals surface area contributed by atoms with E-state index in [2.05, 4.69) is 5.32 Å². The lowest BCUT2D eigenvalue weighted by Crippen LogP contribution is -2.45. The van der Waals surface area contributed by atoms with Crippen molar-refractivity contribution in [3.05, 3.63) is 29.3 Å². The van der Waals surface area contributed by atoms with Gasteiger partial charge in [-0.05, 0) is 38.5 Å². The van der Waals surface area contributed by atoms with Crippen molar-refractivity contribution in [1.82, 2.24) is 5.32 Å². The molecule has 1 unspecified atom stereocenters. The maximum Gasteiger partial charge on any atom is 0.120 e. The minimum Gasteiger partial charge on any atom is -0.491 e. The molecule has 3 N–H and O–H groups in total. The van der Waals surface area contributed by atoms with Gasteiger partial charge in [-0.2, -0.15) is 0 Å². The van der Waals surface area contributed by atoms with Crippen LogP contribution in [0.15, 0.2) is 24.3 Å². The van der Waals surface area contributed by atoms with E-state index in [0.29, 0.717) is 23.7 Å². The van der Waals surface area contributed by atoms with Gasteiger partial charge in [0.2, 0.25) is 0 Å². The number of nitrogens with one attached hydrogen (secondary N) is 1. The van der Waals surface area contributed by atoms with Gasteiger partial charge in [0.15, 0.2) is 0 Å². The van der Waals surface area contributed by atoms with E-state index >= 15 is 0 Å². The largest absolute Gasteiger partial charge is 0.491 e. The normalized spacial score (nSPS) is 13.3. The summed E-state index contributed by atoms with van der Waals surface area (Å²) in [6.45, 7) is 4.69. The maximum absolute atomic E-state index is 9.83. The molecular weight excluding hydrogens is 266 g/mol. The molecule has 0 fully saturated rings. The molecule has 108 valence electrons. The molecule has 0 heterocycles. The highest BCUT2D eigenvalue weighted by molar-refractivity contribution is 6.30. The van der Waals surface area contributed by atoms with Crippen molar-refractivity contribution in [1.29, 1.82) is 0 Å². The second-order valence-corrected chi connectivity index (χ2v) is 5.60. The fourth-order valence-corrected chi connectivity index (χ4v) is 1.75. The molecule has 0 radical (unpaired) electrons. The van der Waals surface area contributed by atoms with Crippen LogP contribution in [0.2, 0.25) is 5.02 Å². The third-order valence-electron chi connectivity index (χ3n) is 2.79. The third kappa shape index (κ3) is 6.78. The molecule has 0 saturated heterocycles. The van der Waals surface area contributed by atoms with Gasteiger partial charge in [0.1, 0.15) is 18.5 Å². The Kier molecular flexibility index (Phi) is 6.58. The van der Waals surface area contributed by atoms with Gasteiger partial charge < -0.3 is 20.3 Å². The first-order valence-electron chi connectivity index (χ1n) is 6.35. The molecule has 1 atom stereocenters. The molecule has 0 aliphatic heterocycles. The molecule has 0 aliphatic carbocycles. The first kappa shape index (κ1) is 16.2. The minimum absolute atomic E-state index is 0.120. The SMILES string of the molecule is CC(C)(CCO)NCC(O)COc1cccc(Cl)c1. The lowest BCUT2D eigenvalue weighted by atomic mass is 10.0. The second-order valence-electron chi connectivity index (χ2n) is 5.16. The first-order valence-corrected chi connectivity index (χ1v) is 6.73. The molecule has 5 heteroatoms. The van der Waals surface area contributed by atoms with Crippen LogP contribution in [0.1, 0.15) is 20.3 Å². The van der Waals surface area contributed by atoms with Crippen LogP contribution < -0.4 is 10.1 Å². The van der Waals surface area contributed by atoms with Crippen LogP contribution in [0, 0.1) is 0 Å². The van der Waals surface area contributed by atoms with Gasteiger partial charge in [-0.25, -0.2) is 0 Å². The van der Waals surface area contributed by atoms with Crippen LogP contribution in [0.25, 0.3) is 0 Å². The Morgan fingerprint density at radius 2 is 2.16 bits per heavy atom. The molecule has 0 aromatic heterocycles. The van der Waals surface area contributed by atoms with Crippen LogP contribution in [0.3, 0.4) is 0 Å². The number of rotatable bonds is 8. The van der Waals surface area contributed by atoms with Crippen LogP contribution in [-0.4, -0.2) is 41.6 Å². The van der Waals surface area contributed by atoms with Crippen molar-refractivity contribution in [2.45, 2.75) is 31.9 Å². The van der Waals surface area contributed by atoms with Crippen LogP contribution in [0.5, 0.6) is 5.75 Å². The Hall–Kier alpha value is -0.810. The van der Waals surface area contributed by atoms with Crippen molar-refractivity contribution < 1.29 is 14.9 Å². The fourth-order valence-electron chi connectivity index (χ4n) is 1.57. The lowest BCUT2D eigenvalue weighted by Gasteiger charge is -2.27. The molecule has 1 rings (SSSR count). The summed E-state index contributed by atoms with van der Waals surface area (Å²) in [7, 11) is 0. The molecule has 0 bridgehead atoms. The molecular formula is C14H22ClNO3. The van der Waals surface area contributed by atoms with Crippen molar-refractivity contribution in [3.8, 4) is 5.75 Å². The van der Waals surface area contributed by atoms with Crippen molar-refractivity contribution >= 4 is 11.6 Å². The zero-order valence-corrected chi connectivity index (χ0v) is 12.2. The van der Waals surface area contributed by atoms with E-state index in [0.717, 1.165) is 0 Å². The summed E-state index contributed by atoms with van der Waals surface area (Å²) in [6.07, 6.45) is 0.0199. The highest BCUT2D eigenvalue weighted by atomic mass is 35.5. The summed E-state index contributed by atoms with van der Waals surface area (Å²) in [5, 5.41) is 22.5. The number of ether oxygens (including phenoxy) is 1. The monoisotopic (exact) mass is 287 g/mol. The Morgan fingerprint density at radius 3 is 2.79 bits per heavy atom. The van der Waals surface area contributed by atoms with Gasteiger partial charge in [-0.15, -0.1) is 0 Å². The Balaban J connectivity index is 2.30. The third-order valence-corrected chi connectivity index (χ3v) is 3.03. The Bertz CT molecular complexity index is 385. The van der Waals surface area contributed by atoms with Crippen molar-refractivity contribution in [2.75, 3.05) is 19.8 Å². The van der Waals surface area contributed by atoms with E-state index in [1.807, 2.05) is 13.8 Å². The number of aliphatic hydroxyl groups excluding tert-OH is 2. The standard InChI is InChI=1S/C14H22ClNO3/c1-14(2,6-7-17)16-9-12(18)10-19-13-5-3-4-11(15)8-13/h3-5,8,12,16-18H,6-7,9-10H2,1-2H3. The predicted molar refractivity (Wildman–Crippen MR) is 76.7 cm³/mol. The summed E-state index contributed by atoms with van der Waals surface area (Å²) < 4.78 is 5.45. The topological polar surface area (TPSA) is 61.7 Å². The molecule has 19 heavy (non-hydrogen) atoms. The molecule has 0 saturated carbocycles. The summed E-state index contributed by atoms with van der Waals surface area (Å²) >= 11 is 5.84. The van der Waals surface area contributed by atoms with E-state index < -0.39 is 6.10 Å². The smallest absolute Gasteiger partial charge is 0.120 e. The van der Waals surface area contributed by atoms with Crippen LogP contribution >= 0.6 is 11.6 Å². The van der Waals surface area contributed by atoms with Gasteiger partial charge in [0.05, 0.1) is 0 Å². The van der Waals surface area contributed by atoms with Gasteiger partial charge >= 0.3 is 0 Å². The number of hydrogen-bond donors (Lipinski definition) is 3. The summed E-state index contributed by atoms with van der Waals surface area (Å²) in [4.78, 5) is 0. The number of hydrogen-bond acceptors (Lipinski definition) is 4. The van der Waals surface area contributed by atoms with Gasteiger partial charge in [0.25, 0.3) is 0 Å². The highest BCUT2D eigenvalue weighted by Gasteiger charge is 2.17. The highest BCUT2D eigenvalue weighted by Crippen LogP contribution is 2.17. The summed E-state index contributed by atoms with van der Waals surface area (Å²) in [5.41, 5.74) is -0.203. The number of halogens is 1.